The van der Waals surface area contributed by atoms with Crippen LogP contribution in [0, 0.1) is 6.92 Å². The molecule has 1 aromatic carbocycles. The van der Waals surface area contributed by atoms with E-state index in [1.54, 1.807) is 32.2 Å². The number of hydrogen-bond acceptors (Lipinski definition) is 5. The fourth-order valence-corrected chi connectivity index (χ4v) is 3.16. The van der Waals surface area contributed by atoms with Crippen molar-refractivity contribution in [3.05, 3.63) is 30.0 Å². The van der Waals surface area contributed by atoms with Crippen molar-refractivity contribution < 1.29 is 17.9 Å². The lowest BCUT2D eigenvalue weighted by Crippen LogP contribution is -2.16. The summed E-state index contributed by atoms with van der Waals surface area (Å²) >= 11 is 0. The summed E-state index contributed by atoms with van der Waals surface area (Å²) in [6.45, 7) is 1.78. The highest BCUT2D eigenvalue weighted by atomic mass is 32.2. The van der Waals surface area contributed by atoms with Gasteiger partial charge in [-0.15, -0.1) is 0 Å². The fourth-order valence-electron chi connectivity index (χ4n) is 1.89. The van der Waals surface area contributed by atoms with Crippen LogP contribution in [0.3, 0.4) is 0 Å². The van der Waals surface area contributed by atoms with Crippen LogP contribution in [-0.4, -0.2) is 32.4 Å². The van der Waals surface area contributed by atoms with Crippen molar-refractivity contribution in [1.82, 2.24) is 9.78 Å². The minimum Gasteiger partial charge on any atom is -0.497 e. The van der Waals surface area contributed by atoms with E-state index in [2.05, 4.69) is 9.82 Å². The summed E-state index contributed by atoms with van der Waals surface area (Å²) in [5.74, 6) is 1.04. The number of nitrogens with one attached hydrogen (secondary N) is 1. The average Bonchev–Trinajstić information content (AvgIpc) is 2.75. The molecule has 8 heteroatoms. The Morgan fingerprint density at radius 2 is 1.90 bits per heavy atom. The van der Waals surface area contributed by atoms with Crippen molar-refractivity contribution in [2.24, 2.45) is 7.05 Å². The molecule has 2 aromatic rings. The first kappa shape index (κ1) is 15.2. The van der Waals surface area contributed by atoms with E-state index in [4.69, 9.17) is 9.47 Å². The molecule has 1 N–H and O–H groups in total. The normalized spacial score (nSPS) is 11.2. The molecule has 0 unspecified atom stereocenters. The zero-order chi connectivity index (χ0) is 15.6. The molecule has 0 radical (unpaired) electrons. The van der Waals surface area contributed by atoms with Crippen LogP contribution in [0.25, 0.3) is 0 Å². The molecule has 0 aliphatic carbocycles. The molecule has 0 spiro atoms. The first-order chi connectivity index (χ1) is 9.87. The third-order valence-electron chi connectivity index (χ3n) is 2.90. The molecule has 1 heterocycles. The van der Waals surface area contributed by atoms with Crippen LogP contribution in [-0.2, 0) is 17.1 Å². The molecule has 0 saturated heterocycles. The highest BCUT2D eigenvalue weighted by Gasteiger charge is 2.22. The molecule has 114 valence electrons. The number of rotatable bonds is 5. The molecule has 7 nitrogen and oxygen atoms in total. The minimum absolute atomic E-state index is 0.00297. The van der Waals surface area contributed by atoms with Gasteiger partial charge in [0.1, 0.15) is 22.2 Å². The van der Waals surface area contributed by atoms with E-state index in [0.717, 1.165) is 0 Å². The molecular weight excluding hydrogens is 294 g/mol. The van der Waals surface area contributed by atoms with Crippen molar-refractivity contribution in [1.29, 1.82) is 0 Å². The summed E-state index contributed by atoms with van der Waals surface area (Å²) in [4.78, 5) is 0.00297. The standard InChI is InChI=1S/C13H17N3O4S/c1-9-7-13(16(2)14-9)15-21(17,18)12-8-10(19-3)5-6-11(12)20-4/h5-8,15H,1-4H3. The van der Waals surface area contributed by atoms with Gasteiger partial charge in [0.15, 0.2) is 0 Å². The van der Waals surface area contributed by atoms with Gasteiger partial charge >= 0.3 is 0 Å². The lowest BCUT2D eigenvalue weighted by molar-refractivity contribution is 0.392. The van der Waals surface area contributed by atoms with Crippen molar-refractivity contribution >= 4 is 15.8 Å². The maximum absolute atomic E-state index is 12.5. The first-order valence-corrected chi connectivity index (χ1v) is 7.61. The molecular formula is C13H17N3O4S. The van der Waals surface area contributed by atoms with E-state index in [0.29, 0.717) is 17.3 Å². The zero-order valence-corrected chi connectivity index (χ0v) is 13.1. The number of ether oxygens (including phenoxy) is 2. The van der Waals surface area contributed by atoms with Gasteiger partial charge in [-0.05, 0) is 19.1 Å². The van der Waals surface area contributed by atoms with Gasteiger partial charge in [-0.2, -0.15) is 5.10 Å². The van der Waals surface area contributed by atoms with Crippen molar-refractivity contribution in [3.63, 3.8) is 0 Å². The van der Waals surface area contributed by atoms with Crippen LogP contribution in [0.1, 0.15) is 5.69 Å². The number of anilines is 1. The predicted octanol–water partition coefficient (Wildman–Crippen LogP) is 1.55. The van der Waals surface area contributed by atoms with E-state index < -0.39 is 10.0 Å². The Bertz CT molecular complexity index is 753. The van der Waals surface area contributed by atoms with Gasteiger partial charge in [0, 0.05) is 19.2 Å². The minimum atomic E-state index is -3.81. The van der Waals surface area contributed by atoms with Crippen molar-refractivity contribution in [3.8, 4) is 11.5 Å². The maximum atomic E-state index is 12.5. The topological polar surface area (TPSA) is 82.4 Å². The van der Waals surface area contributed by atoms with Gasteiger partial charge < -0.3 is 9.47 Å². The van der Waals surface area contributed by atoms with Gasteiger partial charge in [-0.3, -0.25) is 9.40 Å². The number of aromatic nitrogens is 2. The maximum Gasteiger partial charge on any atom is 0.266 e. The number of hydrogen-bond donors (Lipinski definition) is 1. The second-order valence-electron chi connectivity index (χ2n) is 4.42. The summed E-state index contributed by atoms with van der Waals surface area (Å²) < 4.78 is 39.2. The first-order valence-electron chi connectivity index (χ1n) is 6.13. The zero-order valence-electron chi connectivity index (χ0n) is 12.2. The summed E-state index contributed by atoms with van der Waals surface area (Å²) in [7, 11) is 0.727. The third-order valence-corrected chi connectivity index (χ3v) is 4.28. The number of aryl methyl sites for hydroxylation is 2. The Hall–Kier alpha value is -2.22. The summed E-state index contributed by atoms with van der Waals surface area (Å²) in [5, 5.41) is 4.10. The Morgan fingerprint density at radius 1 is 1.19 bits per heavy atom. The largest absolute Gasteiger partial charge is 0.497 e. The SMILES string of the molecule is COc1ccc(OC)c(S(=O)(=O)Nc2cc(C)nn2C)c1. The van der Waals surface area contributed by atoms with Crippen LogP contribution in [0.5, 0.6) is 11.5 Å². The number of methoxy groups -OCH3 is 2. The molecule has 0 fully saturated rings. The second-order valence-corrected chi connectivity index (χ2v) is 6.07. The highest BCUT2D eigenvalue weighted by Crippen LogP contribution is 2.29. The smallest absolute Gasteiger partial charge is 0.266 e. The molecule has 0 aliphatic heterocycles. The molecule has 0 atom stereocenters. The lowest BCUT2D eigenvalue weighted by atomic mass is 10.3. The average molecular weight is 311 g/mol. The Labute approximate surface area is 123 Å². The molecule has 0 bridgehead atoms. The van der Waals surface area contributed by atoms with E-state index >= 15 is 0 Å². The fraction of sp³-hybridized carbons (Fsp3) is 0.308. The van der Waals surface area contributed by atoms with E-state index in [-0.39, 0.29) is 10.6 Å². The van der Waals surface area contributed by atoms with Gasteiger partial charge in [-0.1, -0.05) is 0 Å². The quantitative estimate of drug-likeness (QED) is 0.906. The third kappa shape index (κ3) is 3.10. The highest BCUT2D eigenvalue weighted by molar-refractivity contribution is 7.92. The van der Waals surface area contributed by atoms with Crippen LogP contribution >= 0.6 is 0 Å². The van der Waals surface area contributed by atoms with E-state index in [1.165, 1.54) is 25.0 Å². The van der Waals surface area contributed by atoms with Gasteiger partial charge in [0.05, 0.1) is 19.9 Å². The number of benzene rings is 1. The molecule has 0 aliphatic rings. The monoisotopic (exact) mass is 311 g/mol. The van der Waals surface area contributed by atoms with Crippen molar-refractivity contribution in [2.75, 3.05) is 18.9 Å². The van der Waals surface area contributed by atoms with Gasteiger partial charge in [-0.25, -0.2) is 8.42 Å². The number of nitrogens with zero attached hydrogens (tertiary/aromatic N) is 2. The Kier molecular flexibility index (Phi) is 4.08. The van der Waals surface area contributed by atoms with E-state index in [9.17, 15) is 8.42 Å². The van der Waals surface area contributed by atoms with Crippen LogP contribution in [0.2, 0.25) is 0 Å². The molecule has 0 saturated carbocycles. The second kappa shape index (κ2) is 5.65. The molecule has 2 rings (SSSR count). The summed E-state index contributed by atoms with van der Waals surface area (Å²) in [5.41, 5.74) is 0.716. The molecule has 1 aromatic heterocycles. The van der Waals surface area contributed by atoms with Gasteiger partial charge in [0.2, 0.25) is 0 Å². The Morgan fingerprint density at radius 3 is 2.43 bits per heavy atom. The molecule has 0 amide bonds. The van der Waals surface area contributed by atoms with Gasteiger partial charge in [0.25, 0.3) is 10.0 Å². The Balaban J connectivity index is 2.46. The lowest BCUT2D eigenvalue weighted by Gasteiger charge is -2.12. The van der Waals surface area contributed by atoms with E-state index in [1.807, 2.05) is 0 Å². The summed E-state index contributed by atoms with van der Waals surface area (Å²) in [6.07, 6.45) is 0. The molecule has 21 heavy (non-hydrogen) atoms. The van der Waals surface area contributed by atoms with Crippen molar-refractivity contribution in [2.45, 2.75) is 11.8 Å². The van der Waals surface area contributed by atoms with Crippen LogP contribution in [0.15, 0.2) is 29.2 Å². The summed E-state index contributed by atoms with van der Waals surface area (Å²) in [6, 6.07) is 6.22. The number of sulfonamides is 1. The predicted molar refractivity (Wildman–Crippen MR) is 78.3 cm³/mol. The van der Waals surface area contributed by atoms with Crippen LogP contribution in [0.4, 0.5) is 5.82 Å². The van der Waals surface area contributed by atoms with Crippen LogP contribution < -0.4 is 14.2 Å².